The van der Waals surface area contributed by atoms with Gasteiger partial charge in [0.15, 0.2) is 0 Å². The number of hydrogen-bond donors (Lipinski definition) is 2. The zero-order valence-corrected chi connectivity index (χ0v) is 10.6. The molecule has 1 amide bonds. The van der Waals surface area contributed by atoms with E-state index in [4.69, 9.17) is 5.73 Å². The number of amides is 1. The van der Waals surface area contributed by atoms with E-state index in [1.165, 1.54) is 0 Å². The molecule has 90 valence electrons. The number of rotatable bonds is 4. The van der Waals surface area contributed by atoms with E-state index in [1.807, 2.05) is 24.6 Å². The first kappa shape index (κ1) is 12.0. The van der Waals surface area contributed by atoms with Crippen molar-refractivity contribution < 1.29 is 4.79 Å². The molecule has 3 N–H and O–H groups in total. The minimum atomic E-state index is -0.345. The van der Waals surface area contributed by atoms with Gasteiger partial charge in [0.25, 0.3) is 0 Å². The van der Waals surface area contributed by atoms with Crippen LogP contribution in [0.2, 0.25) is 0 Å². The van der Waals surface area contributed by atoms with E-state index in [0.29, 0.717) is 0 Å². The lowest BCUT2D eigenvalue weighted by Crippen LogP contribution is -2.40. The first-order valence-electron chi connectivity index (χ1n) is 5.46. The summed E-state index contributed by atoms with van der Waals surface area (Å²) in [7, 11) is 0. The number of hydrogen-bond acceptors (Lipinski definition) is 4. The average molecular weight is 249 g/mol. The Morgan fingerprint density at radius 2 is 2.29 bits per heavy atom. The van der Waals surface area contributed by atoms with E-state index >= 15 is 0 Å². The molecular formula is C12H15N3OS. The summed E-state index contributed by atoms with van der Waals surface area (Å²) in [6.45, 7) is 3.76. The number of nitrogens with one attached hydrogen (secondary N) is 1. The fraction of sp³-hybridized carbons (Fsp3) is 0.333. The molecule has 2 atom stereocenters. The third-order valence-electron chi connectivity index (χ3n) is 2.75. The lowest BCUT2D eigenvalue weighted by atomic mass is 10.1. The minimum absolute atomic E-state index is 0.0523. The van der Waals surface area contributed by atoms with Gasteiger partial charge in [-0.2, -0.15) is 0 Å². The van der Waals surface area contributed by atoms with Gasteiger partial charge in [0, 0.05) is 12.2 Å². The second kappa shape index (κ2) is 4.81. The molecule has 2 aromatic rings. The minimum Gasteiger partial charge on any atom is -0.368 e. The molecule has 0 aromatic carbocycles. The fourth-order valence-electron chi connectivity index (χ4n) is 1.65. The lowest BCUT2D eigenvalue weighted by molar-refractivity contribution is -0.119. The summed E-state index contributed by atoms with van der Waals surface area (Å²) in [5.74, 6) is -0.345. The summed E-state index contributed by atoms with van der Waals surface area (Å²) in [5, 5.41) is 5.16. The van der Waals surface area contributed by atoms with Crippen LogP contribution >= 0.6 is 11.3 Å². The average Bonchev–Trinajstić information content (AvgIpc) is 2.75. The van der Waals surface area contributed by atoms with Crippen molar-refractivity contribution in [2.75, 3.05) is 0 Å². The van der Waals surface area contributed by atoms with Crippen molar-refractivity contribution in [2.45, 2.75) is 25.9 Å². The Morgan fingerprint density at radius 1 is 1.53 bits per heavy atom. The third-order valence-corrected chi connectivity index (χ3v) is 3.60. The SMILES string of the molecule is CC(NC(C)c1cnc2ccsc2c1)C(N)=O. The Hall–Kier alpha value is -1.46. The predicted octanol–water partition coefficient (Wildman–Crippen LogP) is 1.82. The molecule has 2 unspecified atom stereocenters. The van der Waals surface area contributed by atoms with Gasteiger partial charge in [-0.15, -0.1) is 11.3 Å². The normalized spacial score (nSPS) is 14.7. The van der Waals surface area contributed by atoms with E-state index in [9.17, 15) is 4.79 Å². The third kappa shape index (κ3) is 2.62. The number of fused-ring (bicyclic) bond motifs is 1. The quantitative estimate of drug-likeness (QED) is 0.868. The highest BCUT2D eigenvalue weighted by molar-refractivity contribution is 7.17. The van der Waals surface area contributed by atoms with Crippen LogP contribution in [0.5, 0.6) is 0 Å². The number of thiophene rings is 1. The molecular weight excluding hydrogens is 234 g/mol. The van der Waals surface area contributed by atoms with E-state index in [2.05, 4.69) is 16.4 Å². The molecule has 2 rings (SSSR count). The summed E-state index contributed by atoms with van der Waals surface area (Å²) in [6.07, 6.45) is 1.83. The molecule has 5 heteroatoms. The van der Waals surface area contributed by atoms with Crippen molar-refractivity contribution in [3.05, 3.63) is 29.3 Å². The second-order valence-corrected chi connectivity index (χ2v) is 5.03. The Labute approximate surface area is 104 Å². The van der Waals surface area contributed by atoms with Gasteiger partial charge in [0.1, 0.15) is 0 Å². The molecule has 2 heterocycles. The maximum Gasteiger partial charge on any atom is 0.234 e. The first-order valence-corrected chi connectivity index (χ1v) is 6.34. The monoisotopic (exact) mass is 249 g/mol. The van der Waals surface area contributed by atoms with Gasteiger partial charge in [-0.3, -0.25) is 15.1 Å². The van der Waals surface area contributed by atoms with Crippen molar-refractivity contribution in [3.8, 4) is 0 Å². The Balaban J connectivity index is 2.18. The summed E-state index contributed by atoms with van der Waals surface area (Å²) in [4.78, 5) is 15.4. The molecule has 0 spiro atoms. The van der Waals surface area contributed by atoms with Crippen LogP contribution in [-0.4, -0.2) is 16.9 Å². The topological polar surface area (TPSA) is 68.0 Å². The predicted molar refractivity (Wildman–Crippen MR) is 69.8 cm³/mol. The van der Waals surface area contributed by atoms with Gasteiger partial charge < -0.3 is 5.73 Å². The van der Waals surface area contributed by atoms with E-state index in [1.54, 1.807) is 18.3 Å². The molecule has 0 aliphatic rings. The number of primary amides is 1. The number of carbonyl (C=O) groups is 1. The highest BCUT2D eigenvalue weighted by Crippen LogP contribution is 2.22. The zero-order valence-electron chi connectivity index (χ0n) is 9.81. The van der Waals surface area contributed by atoms with Gasteiger partial charge in [0.05, 0.1) is 16.3 Å². The van der Waals surface area contributed by atoms with E-state index in [-0.39, 0.29) is 18.0 Å². The van der Waals surface area contributed by atoms with Crippen LogP contribution in [0.1, 0.15) is 25.5 Å². The number of aromatic nitrogens is 1. The number of pyridine rings is 1. The smallest absolute Gasteiger partial charge is 0.234 e. The zero-order chi connectivity index (χ0) is 12.4. The van der Waals surface area contributed by atoms with Crippen LogP contribution < -0.4 is 11.1 Å². The number of carbonyl (C=O) groups excluding carboxylic acids is 1. The van der Waals surface area contributed by atoms with Crippen LogP contribution in [0.25, 0.3) is 10.2 Å². The van der Waals surface area contributed by atoms with Crippen LogP contribution in [0, 0.1) is 0 Å². The molecule has 2 aromatic heterocycles. The second-order valence-electron chi connectivity index (χ2n) is 4.09. The highest BCUT2D eigenvalue weighted by atomic mass is 32.1. The Bertz CT molecular complexity index is 537. The molecule has 0 aliphatic carbocycles. The largest absolute Gasteiger partial charge is 0.368 e. The van der Waals surface area contributed by atoms with Crippen molar-refractivity contribution in [3.63, 3.8) is 0 Å². The summed E-state index contributed by atoms with van der Waals surface area (Å²) >= 11 is 1.66. The van der Waals surface area contributed by atoms with Crippen molar-refractivity contribution in [2.24, 2.45) is 5.73 Å². The molecule has 0 saturated carbocycles. The van der Waals surface area contributed by atoms with Gasteiger partial charge in [-0.1, -0.05) is 0 Å². The standard InChI is InChI=1S/C12H15N3OS/c1-7(15-8(2)12(13)16)9-5-11-10(14-6-9)3-4-17-11/h3-8,15H,1-2H3,(H2,13,16). The fourth-order valence-corrected chi connectivity index (χ4v) is 2.44. The maximum atomic E-state index is 11.0. The van der Waals surface area contributed by atoms with Crippen LogP contribution in [-0.2, 0) is 4.79 Å². The van der Waals surface area contributed by atoms with Crippen LogP contribution in [0.15, 0.2) is 23.7 Å². The molecule has 0 radical (unpaired) electrons. The Morgan fingerprint density at radius 3 is 3.00 bits per heavy atom. The first-order chi connectivity index (χ1) is 8.08. The summed E-state index contributed by atoms with van der Waals surface area (Å²) in [6, 6.07) is 3.80. The molecule has 4 nitrogen and oxygen atoms in total. The highest BCUT2D eigenvalue weighted by Gasteiger charge is 2.14. The van der Waals surface area contributed by atoms with Crippen molar-refractivity contribution >= 4 is 27.5 Å². The van der Waals surface area contributed by atoms with Crippen LogP contribution in [0.3, 0.4) is 0 Å². The molecule has 0 bridgehead atoms. The molecule has 17 heavy (non-hydrogen) atoms. The molecule has 0 aliphatic heterocycles. The van der Waals surface area contributed by atoms with Gasteiger partial charge >= 0.3 is 0 Å². The van der Waals surface area contributed by atoms with E-state index < -0.39 is 0 Å². The Kier molecular flexibility index (Phi) is 3.40. The van der Waals surface area contributed by atoms with Crippen LogP contribution in [0.4, 0.5) is 0 Å². The van der Waals surface area contributed by atoms with Gasteiger partial charge in [-0.25, -0.2) is 0 Å². The van der Waals surface area contributed by atoms with Gasteiger partial charge in [0.2, 0.25) is 5.91 Å². The maximum absolute atomic E-state index is 11.0. The lowest BCUT2D eigenvalue weighted by Gasteiger charge is -2.17. The van der Waals surface area contributed by atoms with Crippen molar-refractivity contribution in [1.82, 2.24) is 10.3 Å². The number of nitrogens with zero attached hydrogens (tertiary/aromatic N) is 1. The van der Waals surface area contributed by atoms with Gasteiger partial charge in [-0.05, 0) is 36.9 Å². The molecule has 0 saturated heterocycles. The summed E-state index contributed by atoms with van der Waals surface area (Å²) < 4.78 is 1.16. The van der Waals surface area contributed by atoms with Crippen molar-refractivity contribution in [1.29, 1.82) is 0 Å². The molecule has 0 fully saturated rings. The summed E-state index contributed by atoms with van der Waals surface area (Å²) in [5.41, 5.74) is 7.29. The number of nitrogens with two attached hydrogens (primary N) is 1. The van der Waals surface area contributed by atoms with E-state index in [0.717, 1.165) is 15.8 Å².